The van der Waals surface area contributed by atoms with Crippen LogP contribution in [0.15, 0.2) is 47.5 Å². The largest absolute Gasteiger partial charge is 0.493 e. The van der Waals surface area contributed by atoms with Crippen LogP contribution < -0.4 is 4.74 Å². The van der Waals surface area contributed by atoms with Crippen LogP contribution in [0.25, 0.3) is 0 Å². The van der Waals surface area contributed by atoms with E-state index < -0.39 is 36.3 Å². The van der Waals surface area contributed by atoms with Gasteiger partial charge in [0.05, 0.1) is 30.0 Å². The van der Waals surface area contributed by atoms with Crippen molar-refractivity contribution in [1.82, 2.24) is 0 Å². The Morgan fingerprint density at radius 3 is 2.02 bits per heavy atom. The molecule has 44 heavy (non-hydrogen) atoms. The van der Waals surface area contributed by atoms with Crippen molar-refractivity contribution in [2.45, 2.75) is 110 Å². The van der Waals surface area contributed by atoms with E-state index in [1.54, 1.807) is 54.5 Å². The number of aliphatic imine (C=N–C) groups is 1. The van der Waals surface area contributed by atoms with Gasteiger partial charge in [-0.05, 0) is 102 Å². The molecule has 246 valence electrons. The standard InChI is InChI=1S/C33H47F3NO6P/c1-9-25-12-14-26(15-13-25)11-10-20-39-29-17-16-27(21-28(29)33(34,35)36)18-19-32(22-40-24(2)37-32)23-41-44(38,42-30(3,4)5)43-31(6,7)8/h12-17,21H,9-11,18-20,22-23H2,1-8H3. The van der Waals surface area contributed by atoms with Gasteiger partial charge in [0.2, 0.25) is 0 Å². The molecule has 0 aliphatic carbocycles. The van der Waals surface area contributed by atoms with Crippen LogP contribution in [0.3, 0.4) is 0 Å². The number of rotatable bonds is 14. The Morgan fingerprint density at radius 2 is 1.50 bits per heavy atom. The fourth-order valence-corrected chi connectivity index (χ4v) is 6.59. The number of alkyl halides is 3. The van der Waals surface area contributed by atoms with Crippen molar-refractivity contribution in [1.29, 1.82) is 0 Å². The maximum Gasteiger partial charge on any atom is 0.475 e. The lowest BCUT2D eigenvalue weighted by molar-refractivity contribution is -0.139. The summed E-state index contributed by atoms with van der Waals surface area (Å²) in [5, 5.41) is 0. The first-order valence-corrected chi connectivity index (χ1v) is 16.5. The first kappa shape index (κ1) is 36.1. The molecule has 1 unspecified atom stereocenters. The number of benzene rings is 2. The second-order valence-electron chi connectivity index (χ2n) is 13.2. The minimum Gasteiger partial charge on any atom is -0.493 e. The van der Waals surface area contributed by atoms with Crippen LogP contribution in [0.4, 0.5) is 13.2 Å². The third-order valence-electron chi connectivity index (χ3n) is 6.73. The highest BCUT2D eigenvalue weighted by Crippen LogP contribution is 2.56. The summed E-state index contributed by atoms with van der Waals surface area (Å²) in [7, 11) is -4.04. The number of nitrogens with zero attached hydrogens (tertiary/aromatic N) is 1. The molecule has 1 heterocycles. The topological polar surface area (TPSA) is 75.6 Å². The molecule has 0 amide bonds. The Hall–Kier alpha value is -2.39. The van der Waals surface area contributed by atoms with Gasteiger partial charge in [-0.3, -0.25) is 13.6 Å². The lowest BCUT2D eigenvalue weighted by Gasteiger charge is -2.33. The van der Waals surface area contributed by atoms with Gasteiger partial charge in [-0.15, -0.1) is 0 Å². The average molecular weight is 642 g/mol. The van der Waals surface area contributed by atoms with Gasteiger partial charge in [-0.25, -0.2) is 9.56 Å². The SMILES string of the molecule is CCc1ccc(CCCOc2ccc(CCC3(COP(=O)(OC(C)(C)C)OC(C)(C)C)COC(C)=N3)cc2C(F)(F)F)cc1. The Labute approximate surface area is 260 Å². The fraction of sp³-hybridized carbons (Fsp3) is 0.606. The van der Waals surface area contributed by atoms with Crippen molar-refractivity contribution in [3.05, 3.63) is 64.7 Å². The molecule has 2 aromatic carbocycles. The smallest absolute Gasteiger partial charge is 0.475 e. The van der Waals surface area contributed by atoms with Crippen LogP contribution in [0, 0.1) is 0 Å². The predicted octanol–water partition coefficient (Wildman–Crippen LogP) is 9.15. The molecule has 0 saturated heterocycles. The van der Waals surface area contributed by atoms with Crippen molar-refractivity contribution in [3.8, 4) is 5.75 Å². The highest BCUT2D eigenvalue weighted by Gasteiger charge is 2.43. The minimum atomic E-state index is -4.59. The van der Waals surface area contributed by atoms with E-state index in [-0.39, 0.29) is 38.4 Å². The first-order chi connectivity index (χ1) is 20.3. The van der Waals surface area contributed by atoms with E-state index >= 15 is 0 Å². The summed E-state index contributed by atoms with van der Waals surface area (Å²) in [6.45, 7) is 14.3. The number of hydrogen-bond acceptors (Lipinski definition) is 7. The summed E-state index contributed by atoms with van der Waals surface area (Å²) >= 11 is 0. The van der Waals surface area contributed by atoms with E-state index in [1.165, 1.54) is 11.6 Å². The Morgan fingerprint density at radius 1 is 0.909 bits per heavy atom. The lowest BCUT2D eigenvalue weighted by atomic mass is 9.93. The van der Waals surface area contributed by atoms with Crippen molar-refractivity contribution in [2.75, 3.05) is 19.8 Å². The van der Waals surface area contributed by atoms with Crippen LogP contribution in [0.1, 0.15) is 90.5 Å². The van der Waals surface area contributed by atoms with Crippen LogP contribution in [-0.2, 0) is 48.3 Å². The zero-order chi connectivity index (χ0) is 32.8. The molecule has 0 fully saturated rings. The Balaban J connectivity index is 1.70. The minimum absolute atomic E-state index is 0.123. The molecule has 0 bridgehead atoms. The quantitative estimate of drug-likeness (QED) is 0.151. The molecule has 1 atom stereocenters. The Kier molecular flexibility index (Phi) is 11.8. The first-order valence-electron chi connectivity index (χ1n) is 15.1. The molecule has 0 saturated carbocycles. The van der Waals surface area contributed by atoms with E-state index in [4.69, 9.17) is 23.0 Å². The van der Waals surface area contributed by atoms with Crippen molar-refractivity contribution >= 4 is 13.7 Å². The molecule has 7 nitrogen and oxygen atoms in total. The monoisotopic (exact) mass is 641 g/mol. The molecule has 0 spiro atoms. The highest BCUT2D eigenvalue weighted by molar-refractivity contribution is 7.48. The van der Waals surface area contributed by atoms with Crippen LogP contribution in [0.2, 0.25) is 0 Å². The van der Waals surface area contributed by atoms with Gasteiger partial charge >= 0.3 is 14.0 Å². The third-order valence-corrected chi connectivity index (χ3v) is 8.72. The maximum atomic E-state index is 14.1. The fourth-order valence-electron chi connectivity index (χ4n) is 4.71. The van der Waals surface area contributed by atoms with E-state index in [9.17, 15) is 17.7 Å². The zero-order valence-corrected chi connectivity index (χ0v) is 28.1. The second-order valence-corrected chi connectivity index (χ2v) is 14.7. The van der Waals surface area contributed by atoms with Crippen molar-refractivity contribution < 1.29 is 40.8 Å². The number of ether oxygens (including phenoxy) is 2. The molecule has 1 aliphatic heterocycles. The number of phosphoric acid groups is 1. The molecule has 0 aromatic heterocycles. The van der Waals surface area contributed by atoms with Gasteiger partial charge in [0.25, 0.3) is 0 Å². The molecule has 2 aromatic rings. The second kappa shape index (κ2) is 14.4. The van der Waals surface area contributed by atoms with Crippen LogP contribution in [-0.4, -0.2) is 42.5 Å². The van der Waals surface area contributed by atoms with Gasteiger partial charge < -0.3 is 9.47 Å². The van der Waals surface area contributed by atoms with E-state index in [0.717, 1.165) is 18.1 Å². The molecule has 11 heteroatoms. The van der Waals surface area contributed by atoms with E-state index in [0.29, 0.717) is 24.3 Å². The van der Waals surface area contributed by atoms with Gasteiger partial charge in [0.1, 0.15) is 17.9 Å². The van der Waals surface area contributed by atoms with Crippen LogP contribution >= 0.6 is 7.82 Å². The molecule has 0 radical (unpaired) electrons. The number of hydrogen-bond donors (Lipinski definition) is 0. The summed E-state index contributed by atoms with van der Waals surface area (Å²) in [6, 6.07) is 12.3. The third kappa shape index (κ3) is 11.5. The number of halogens is 3. The van der Waals surface area contributed by atoms with Gasteiger partial charge in [-0.1, -0.05) is 37.3 Å². The molecule has 1 aliphatic rings. The summed E-state index contributed by atoms with van der Waals surface area (Å²) < 4.78 is 84.3. The van der Waals surface area contributed by atoms with Gasteiger partial charge in [0.15, 0.2) is 5.90 Å². The summed E-state index contributed by atoms with van der Waals surface area (Å²) in [5.74, 6) is 0.219. The molecule has 3 rings (SSSR count). The lowest BCUT2D eigenvalue weighted by Crippen LogP contribution is -2.36. The molecular weight excluding hydrogens is 594 g/mol. The summed E-state index contributed by atoms with van der Waals surface area (Å²) in [4.78, 5) is 4.59. The normalized spacial score (nSPS) is 17.8. The molecular formula is C33H47F3NO6P. The van der Waals surface area contributed by atoms with Crippen molar-refractivity contribution in [2.24, 2.45) is 4.99 Å². The molecule has 0 N–H and O–H groups in total. The van der Waals surface area contributed by atoms with Crippen molar-refractivity contribution in [3.63, 3.8) is 0 Å². The van der Waals surface area contributed by atoms with Gasteiger partial charge in [0, 0.05) is 6.92 Å². The number of aryl methyl sites for hydroxylation is 3. The van der Waals surface area contributed by atoms with E-state index in [2.05, 4.69) is 24.0 Å². The maximum absolute atomic E-state index is 14.1. The average Bonchev–Trinajstić information content (AvgIpc) is 3.28. The zero-order valence-electron chi connectivity index (χ0n) is 27.2. The highest BCUT2D eigenvalue weighted by atomic mass is 31.2. The number of phosphoric ester groups is 1. The summed E-state index contributed by atoms with van der Waals surface area (Å²) in [6.07, 6.45) is -1.81. The Bertz CT molecular complexity index is 1290. The van der Waals surface area contributed by atoms with E-state index in [1.807, 2.05) is 12.1 Å². The van der Waals surface area contributed by atoms with Gasteiger partial charge in [-0.2, -0.15) is 13.2 Å². The summed E-state index contributed by atoms with van der Waals surface area (Å²) in [5.41, 5.74) is -0.628. The van der Waals surface area contributed by atoms with Crippen LogP contribution in [0.5, 0.6) is 5.75 Å². The predicted molar refractivity (Wildman–Crippen MR) is 166 cm³/mol.